The molecule has 0 unspecified atom stereocenters. The molecular weight excluding hydrogens is 376 g/mol. The van der Waals surface area contributed by atoms with Crippen LogP contribution in [0.5, 0.6) is 5.75 Å². The topological polar surface area (TPSA) is 77.6 Å². The molecule has 1 amide bonds. The Balaban J connectivity index is 1.54. The van der Waals surface area contributed by atoms with E-state index in [1.165, 1.54) is 9.08 Å². The Hall–Kier alpha value is -3.39. The first-order valence-corrected chi connectivity index (χ1v) is 9.54. The molecule has 28 heavy (non-hydrogen) atoms. The number of hydrogen-bond donors (Lipinski definition) is 1. The van der Waals surface area contributed by atoms with E-state index in [2.05, 4.69) is 10.4 Å². The van der Waals surface area contributed by atoms with Gasteiger partial charge in [0.2, 0.25) is 5.91 Å². The minimum Gasteiger partial charge on any atom is -0.497 e. The van der Waals surface area contributed by atoms with E-state index in [1.807, 2.05) is 41.8 Å². The maximum Gasteiger partial charge on any atom is 0.277 e. The van der Waals surface area contributed by atoms with E-state index in [0.717, 1.165) is 16.2 Å². The minimum absolute atomic E-state index is 0.0379. The van der Waals surface area contributed by atoms with Crippen LogP contribution >= 0.6 is 11.3 Å². The molecule has 0 atom stereocenters. The highest BCUT2D eigenvalue weighted by molar-refractivity contribution is 7.09. The van der Waals surface area contributed by atoms with E-state index >= 15 is 0 Å². The Labute approximate surface area is 164 Å². The number of hydrogen-bond acceptors (Lipinski definition) is 5. The molecule has 0 saturated heterocycles. The lowest BCUT2D eigenvalue weighted by Crippen LogP contribution is -2.32. The highest BCUT2D eigenvalue weighted by Crippen LogP contribution is 2.21. The molecule has 8 heteroatoms. The number of fused-ring (bicyclic) bond motifs is 1. The first kappa shape index (κ1) is 18.0. The maximum atomic E-state index is 12.7. The molecule has 1 N–H and O–H groups in total. The van der Waals surface area contributed by atoms with Crippen LogP contribution < -0.4 is 15.6 Å². The van der Waals surface area contributed by atoms with E-state index in [9.17, 15) is 9.59 Å². The number of methoxy groups -OCH3 is 1. The van der Waals surface area contributed by atoms with Crippen LogP contribution in [0, 0.1) is 0 Å². The zero-order valence-corrected chi connectivity index (χ0v) is 16.0. The summed E-state index contributed by atoms with van der Waals surface area (Å²) in [6, 6.07) is 13.1. The lowest BCUT2D eigenvalue weighted by Gasteiger charge is -2.06. The largest absolute Gasteiger partial charge is 0.497 e. The first-order valence-electron chi connectivity index (χ1n) is 8.66. The third-order valence-corrected chi connectivity index (χ3v) is 5.22. The SMILES string of the molecule is COc1ccc(-c2cc3c(=O)n(CC(=O)NCc4cccs4)ccn3n2)cc1. The fourth-order valence-electron chi connectivity index (χ4n) is 2.86. The van der Waals surface area contributed by atoms with Gasteiger partial charge in [0.05, 0.1) is 19.3 Å². The van der Waals surface area contributed by atoms with Crippen molar-refractivity contribution in [1.82, 2.24) is 19.5 Å². The van der Waals surface area contributed by atoms with Gasteiger partial charge in [-0.15, -0.1) is 11.3 Å². The maximum absolute atomic E-state index is 12.7. The van der Waals surface area contributed by atoms with Crippen LogP contribution in [-0.4, -0.2) is 27.2 Å². The Bertz CT molecular complexity index is 1160. The number of nitrogens with one attached hydrogen (secondary N) is 1. The summed E-state index contributed by atoms with van der Waals surface area (Å²) >= 11 is 1.58. The molecule has 0 radical (unpaired) electrons. The normalized spacial score (nSPS) is 10.9. The lowest BCUT2D eigenvalue weighted by molar-refractivity contribution is -0.121. The second kappa shape index (κ2) is 7.69. The van der Waals surface area contributed by atoms with Crippen LogP contribution in [0.15, 0.2) is 65.0 Å². The molecule has 3 heterocycles. The summed E-state index contributed by atoms with van der Waals surface area (Å²) in [5.41, 5.74) is 1.71. The summed E-state index contributed by atoms with van der Waals surface area (Å²) in [7, 11) is 1.61. The van der Waals surface area contributed by atoms with Gasteiger partial charge < -0.3 is 14.6 Å². The number of ether oxygens (including phenoxy) is 1. The summed E-state index contributed by atoms with van der Waals surface area (Å²) in [6.45, 7) is 0.422. The van der Waals surface area contributed by atoms with E-state index in [4.69, 9.17) is 4.74 Å². The molecule has 0 spiro atoms. The summed E-state index contributed by atoms with van der Waals surface area (Å²) < 4.78 is 8.08. The molecule has 0 aliphatic rings. The van der Waals surface area contributed by atoms with E-state index < -0.39 is 0 Å². The van der Waals surface area contributed by atoms with Crippen molar-refractivity contribution in [3.63, 3.8) is 0 Å². The van der Waals surface area contributed by atoms with Crippen molar-refractivity contribution < 1.29 is 9.53 Å². The quantitative estimate of drug-likeness (QED) is 0.545. The van der Waals surface area contributed by atoms with Crippen LogP contribution in [-0.2, 0) is 17.9 Å². The number of amides is 1. The fourth-order valence-corrected chi connectivity index (χ4v) is 3.51. The van der Waals surface area contributed by atoms with Crippen LogP contribution in [0.1, 0.15) is 4.88 Å². The molecule has 0 fully saturated rings. The van der Waals surface area contributed by atoms with Crippen molar-refractivity contribution in [2.45, 2.75) is 13.1 Å². The smallest absolute Gasteiger partial charge is 0.277 e. The highest BCUT2D eigenvalue weighted by atomic mass is 32.1. The standard InChI is InChI=1S/C20H18N4O3S/c1-27-15-6-4-14(5-7-15)17-11-18-20(26)23(8-9-24(18)22-17)13-19(25)21-12-16-3-2-10-28-16/h2-11H,12-13H2,1H3,(H,21,25). The number of nitrogens with zero attached hydrogens (tertiary/aromatic N) is 3. The second-order valence-corrected chi connectivity index (χ2v) is 7.21. The predicted octanol–water partition coefficient (Wildman–Crippen LogP) is 2.55. The molecule has 0 aliphatic heterocycles. The van der Waals surface area contributed by atoms with Crippen molar-refractivity contribution in [2.75, 3.05) is 7.11 Å². The predicted molar refractivity (Wildman–Crippen MR) is 108 cm³/mol. The lowest BCUT2D eigenvalue weighted by atomic mass is 10.1. The summed E-state index contributed by atoms with van der Waals surface area (Å²) in [6.07, 6.45) is 3.25. The molecule has 0 bridgehead atoms. The Kier molecular flexibility index (Phi) is 4.94. The number of rotatable bonds is 6. The van der Waals surface area contributed by atoms with Crippen LogP contribution in [0.4, 0.5) is 0 Å². The summed E-state index contributed by atoms with van der Waals surface area (Å²) in [5, 5.41) is 9.24. The Morgan fingerprint density at radius 3 is 2.75 bits per heavy atom. The molecule has 7 nitrogen and oxygen atoms in total. The van der Waals surface area contributed by atoms with Gasteiger partial charge >= 0.3 is 0 Å². The van der Waals surface area contributed by atoms with Gasteiger partial charge in [-0.2, -0.15) is 5.10 Å². The highest BCUT2D eigenvalue weighted by Gasteiger charge is 2.11. The van der Waals surface area contributed by atoms with Crippen LogP contribution in [0.2, 0.25) is 0 Å². The number of aromatic nitrogens is 3. The molecule has 4 rings (SSSR count). The molecule has 142 valence electrons. The number of thiophene rings is 1. The van der Waals surface area contributed by atoms with Gasteiger partial charge in [-0.3, -0.25) is 9.59 Å². The van der Waals surface area contributed by atoms with E-state index in [0.29, 0.717) is 17.8 Å². The zero-order chi connectivity index (χ0) is 19.5. The van der Waals surface area contributed by atoms with Gasteiger partial charge in [0.15, 0.2) is 0 Å². The second-order valence-electron chi connectivity index (χ2n) is 6.18. The van der Waals surface area contributed by atoms with Gasteiger partial charge in [0.25, 0.3) is 5.56 Å². The first-order chi connectivity index (χ1) is 13.6. The third kappa shape index (κ3) is 3.67. The van der Waals surface area contributed by atoms with Gasteiger partial charge in [0.1, 0.15) is 17.8 Å². The Morgan fingerprint density at radius 1 is 1.21 bits per heavy atom. The van der Waals surface area contributed by atoms with Crippen molar-refractivity contribution in [1.29, 1.82) is 0 Å². The van der Waals surface area contributed by atoms with Crippen LogP contribution in [0.25, 0.3) is 16.8 Å². The molecule has 1 aromatic carbocycles. The number of benzene rings is 1. The molecule has 3 aromatic heterocycles. The van der Waals surface area contributed by atoms with Crippen molar-refractivity contribution in [3.05, 3.63) is 75.5 Å². The third-order valence-electron chi connectivity index (χ3n) is 4.34. The zero-order valence-electron chi connectivity index (χ0n) is 15.2. The van der Waals surface area contributed by atoms with Crippen molar-refractivity contribution in [3.8, 4) is 17.0 Å². The average Bonchev–Trinajstić information content (AvgIpc) is 3.39. The van der Waals surface area contributed by atoms with Gasteiger partial charge in [-0.1, -0.05) is 6.07 Å². The van der Waals surface area contributed by atoms with E-state index in [-0.39, 0.29) is 18.0 Å². The monoisotopic (exact) mass is 394 g/mol. The van der Waals surface area contributed by atoms with Gasteiger partial charge in [-0.25, -0.2) is 4.52 Å². The van der Waals surface area contributed by atoms with E-state index in [1.54, 1.807) is 36.9 Å². The Morgan fingerprint density at radius 2 is 2.04 bits per heavy atom. The average molecular weight is 394 g/mol. The molecule has 0 saturated carbocycles. The molecule has 4 aromatic rings. The number of carbonyl (C=O) groups excluding carboxylic acids is 1. The fraction of sp³-hybridized carbons (Fsp3) is 0.150. The van der Waals surface area contributed by atoms with Crippen molar-refractivity contribution in [2.24, 2.45) is 0 Å². The number of carbonyl (C=O) groups is 1. The molecular formula is C20H18N4O3S. The summed E-state index contributed by atoms with van der Waals surface area (Å²) in [5.74, 6) is 0.540. The minimum atomic E-state index is -0.263. The summed E-state index contributed by atoms with van der Waals surface area (Å²) in [4.78, 5) is 26.0. The van der Waals surface area contributed by atoms with Gasteiger partial charge in [-0.05, 0) is 41.8 Å². The van der Waals surface area contributed by atoms with Gasteiger partial charge in [0, 0.05) is 22.8 Å². The molecule has 0 aliphatic carbocycles. The van der Waals surface area contributed by atoms with Crippen molar-refractivity contribution >= 4 is 22.8 Å². The van der Waals surface area contributed by atoms with Crippen LogP contribution in [0.3, 0.4) is 0 Å².